The van der Waals surface area contributed by atoms with Crippen molar-refractivity contribution >= 4 is 63.8 Å². The lowest BCUT2D eigenvalue weighted by Crippen LogP contribution is -2.33. The number of methoxy groups -OCH3 is 1. The molecule has 0 saturated carbocycles. The molecule has 2 aliphatic rings. The summed E-state index contributed by atoms with van der Waals surface area (Å²) in [5, 5.41) is 3.08. The van der Waals surface area contributed by atoms with Gasteiger partial charge in [0.25, 0.3) is 0 Å². The van der Waals surface area contributed by atoms with Crippen LogP contribution in [0.2, 0.25) is 5.02 Å². The highest BCUT2D eigenvalue weighted by Crippen LogP contribution is 2.54. The van der Waals surface area contributed by atoms with Gasteiger partial charge in [-0.05, 0) is 54.1 Å². The Morgan fingerprint density at radius 3 is 2.33 bits per heavy atom. The van der Waals surface area contributed by atoms with Gasteiger partial charge in [-0.2, -0.15) is 0 Å². The SMILES string of the molecule is COc1ccc(N2C(=O)C3Sc4c(sc(=O)n4CC(=O)Nc4ccccc4)[C@H](c4ccc(Cl)cc4)C3C2=O)cc1. The van der Waals surface area contributed by atoms with Crippen molar-refractivity contribution in [3.8, 4) is 5.75 Å². The quantitative estimate of drug-likeness (QED) is 0.317. The molecule has 1 N–H and O–H groups in total. The zero-order valence-electron chi connectivity index (χ0n) is 21.1. The average Bonchev–Trinajstić information content (AvgIpc) is 3.40. The van der Waals surface area contributed by atoms with Crippen LogP contribution in [0.5, 0.6) is 5.75 Å². The molecule has 6 rings (SSSR count). The summed E-state index contributed by atoms with van der Waals surface area (Å²) in [5.74, 6) is -1.77. The molecule has 8 nitrogen and oxygen atoms in total. The minimum absolute atomic E-state index is 0.221. The molecule has 3 atom stereocenters. The number of amides is 3. The predicted octanol–water partition coefficient (Wildman–Crippen LogP) is 5.01. The van der Waals surface area contributed by atoms with Crippen molar-refractivity contribution in [1.82, 2.24) is 4.57 Å². The van der Waals surface area contributed by atoms with Crippen LogP contribution in [0.1, 0.15) is 16.4 Å². The molecule has 2 aliphatic heterocycles. The molecule has 202 valence electrons. The second-order valence-corrected chi connectivity index (χ2v) is 11.9. The Kier molecular flexibility index (Phi) is 6.99. The Labute approximate surface area is 242 Å². The fourth-order valence-electron chi connectivity index (χ4n) is 5.14. The number of nitrogens with one attached hydrogen (secondary N) is 1. The number of anilines is 2. The number of hydrogen-bond acceptors (Lipinski definition) is 7. The van der Waals surface area contributed by atoms with E-state index in [1.54, 1.807) is 67.8 Å². The van der Waals surface area contributed by atoms with Crippen molar-refractivity contribution in [2.24, 2.45) is 5.92 Å². The molecule has 0 aliphatic carbocycles. The monoisotopic (exact) mass is 591 g/mol. The number of carbonyl (C=O) groups is 3. The van der Waals surface area contributed by atoms with Crippen LogP contribution in [0, 0.1) is 5.92 Å². The fourth-order valence-corrected chi connectivity index (χ4v) is 8.04. The zero-order valence-corrected chi connectivity index (χ0v) is 23.5. The molecule has 1 saturated heterocycles. The number of ether oxygens (including phenoxy) is 1. The van der Waals surface area contributed by atoms with Gasteiger partial charge in [-0.25, -0.2) is 4.90 Å². The van der Waals surface area contributed by atoms with Crippen molar-refractivity contribution in [3.63, 3.8) is 0 Å². The van der Waals surface area contributed by atoms with Crippen molar-refractivity contribution in [2.45, 2.75) is 22.7 Å². The van der Waals surface area contributed by atoms with Gasteiger partial charge < -0.3 is 10.1 Å². The van der Waals surface area contributed by atoms with E-state index in [-0.39, 0.29) is 29.1 Å². The summed E-state index contributed by atoms with van der Waals surface area (Å²) < 4.78 is 6.62. The van der Waals surface area contributed by atoms with Crippen LogP contribution < -0.4 is 19.8 Å². The number of fused-ring (bicyclic) bond motifs is 2. The summed E-state index contributed by atoms with van der Waals surface area (Å²) in [6.45, 7) is -0.221. The van der Waals surface area contributed by atoms with Gasteiger partial charge in [-0.15, -0.1) is 0 Å². The van der Waals surface area contributed by atoms with E-state index in [1.165, 1.54) is 21.2 Å². The van der Waals surface area contributed by atoms with E-state index in [4.69, 9.17) is 16.3 Å². The molecule has 0 spiro atoms. The van der Waals surface area contributed by atoms with Crippen molar-refractivity contribution < 1.29 is 19.1 Å². The summed E-state index contributed by atoms with van der Waals surface area (Å²) in [5.41, 5.74) is 1.83. The highest BCUT2D eigenvalue weighted by Gasteiger charge is 2.56. The first-order chi connectivity index (χ1) is 19.4. The van der Waals surface area contributed by atoms with Crippen LogP contribution in [0.4, 0.5) is 11.4 Å². The highest BCUT2D eigenvalue weighted by molar-refractivity contribution is 8.00. The van der Waals surface area contributed by atoms with Crippen LogP contribution in [0.15, 0.2) is 88.7 Å². The predicted molar refractivity (Wildman–Crippen MR) is 156 cm³/mol. The maximum atomic E-state index is 13.9. The topological polar surface area (TPSA) is 97.7 Å². The second-order valence-electron chi connectivity index (χ2n) is 9.34. The van der Waals surface area contributed by atoms with Crippen molar-refractivity contribution in [2.75, 3.05) is 17.3 Å². The van der Waals surface area contributed by atoms with E-state index in [2.05, 4.69) is 5.32 Å². The maximum Gasteiger partial charge on any atom is 0.308 e. The van der Waals surface area contributed by atoms with E-state index < -0.39 is 17.1 Å². The summed E-state index contributed by atoms with van der Waals surface area (Å²) >= 11 is 8.33. The molecule has 40 heavy (non-hydrogen) atoms. The standard InChI is InChI=1S/C29H22ClN3O5S2/c1-38-20-13-11-19(12-14-20)33-26(35)23-22(16-7-9-17(30)10-8-16)25-28(39-24(23)27(33)36)32(29(37)40-25)15-21(34)31-18-5-3-2-4-6-18/h2-14,22-24H,15H2,1H3,(H,31,34)/t22-,23?,24?/m1/s1. The molecular formula is C29H22ClN3O5S2. The lowest BCUT2D eigenvalue weighted by Gasteiger charge is -2.30. The maximum absolute atomic E-state index is 13.9. The lowest BCUT2D eigenvalue weighted by atomic mass is 9.83. The number of nitrogens with zero attached hydrogens (tertiary/aromatic N) is 2. The molecule has 3 amide bonds. The largest absolute Gasteiger partial charge is 0.497 e. The number of thioether (sulfide) groups is 1. The Morgan fingerprint density at radius 2 is 1.65 bits per heavy atom. The Balaban J connectivity index is 1.41. The summed E-state index contributed by atoms with van der Waals surface area (Å²) in [6, 6.07) is 22.8. The van der Waals surface area contributed by atoms with Crippen LogP contribution in [-0.2, 0) is 20.9 Å². The zero-order chi connectivity index (χ0) is 28.0. The molecule has 1 aromatic heterocycles. The fraction of sp³-hybridized carbons (Fsp3) is 0.172. The number of thiazole rings is 1. The number of para-hydroxylation sites is 1. The van der Waals surface area contributed by atoms with Gasteiger partial charge >= 0.3 is 4.87 Å². The number of carbonyl (C=O) groups excluding carboxylic acids is 3. The van der Waals surface area contributed by atoms with Gasteiger partial charge in [-0.1, -0.05) is 65.0 Å². The Hall–Kier alpha value is -3.86. The van der Waals surface area contributed by atoms with Crippen LogP contribution in [0.25, 0.3) is 0 Å². The van der Waals surface area contributed by atoms with E-state index in [0.29, 0.717) is 32.1 Å². The van der Waals surface area contributed by atoms with Crippen molar-refractivity contribution in [1.29, 1.82) is 0 Å². The molecule has 0 bridgehead atoms. The number of rotatable bonds is 6. The molecule has 4 aromatic rings. The summed E-state index contributed by atoms with van der Waals surface area (Å²) in [7, 11) is 1.54. The lowest BCUT2D eigenvalue weighted by molar-refractivity contribution is -0.122. The van der Waals surface area contributed by atoms with Gasteiger partial charge in [0.05, 0.1) is 23.7 Å². The number of benzene rings is 3. The normalized spacial score (nSPS) is 19.8. The number of imide groups is 1. The third-order valence-corrected chi connectivity index (χ3v) is 9.82. The van der Waals surface area contributed by atoms with E-state index in [9.17, 15) is 19.2 Å². The summed E-state index contributed by atoms with van der Waals surface area (Å²) in [4.78, 5) is 55.4. The highest BCUT2D eigenvalue weighted by atomic mass is 35.5. The third-order valence-electron chi connectivity index (χ3n) is 6.97. The Morgan fingerprint density at radius 1 is 0.950 bits per heavy atom. The molecular weight excluding hydrogens is 570 g/mol. The number of hydrogen-bond donors (Lipinski definition) is 1. The number of aromatic nitrogens is 1. The molecule has 1 fully saturated rings. The molecule has 0 radical (unpaired) electrons. The van der Waals surface area contributed by atoms with Crippen molar-refractivity contribution in [3.05, 3.63) is 104 Å². The molecule has 3 aromatic carbocycles. The first-order valence-electron chi connectivity index (χ1n) is 12.4. The molecule has 3 heterocycles. The first kappa shape index (κ1) is 26.4. The third kappa shape index (κ3) is 4.61. The average molecular weight is 592 g/mol. The summed E-state index contributed by atoms with van der Waals surface area (Å²) in [6.07, 6.45) is 0. The molecule has 2 unspecified atom stereocenters. The van der Waals surface area contributed by atoms with E-state index in [0.717, 1.165) is 16.9 Å². The van der Waals surface area contributed by atoms with Gasteiger partial charge in [0, 0.05) is 21.5 Å². The number of halogens is 1. The first-order valence-corrected chi connectivity index (χ1v) is 14.5. The van der Waals surface area contributed by atoms with E-state index in [1.807, 2.05) is 18.2 Å². The Bertz CT molecular complexity index is 1670. The van der Waals surface area contributed by atoms with Crippen LogP contribution in [0.3, 0.4) is 0 Å². The molecule has 11 heteroatoms. The second kappa shape index (κ2) is 10.6. The van der Waals surface area contributed by atoms with Gasteiger partial charge in [0.2, 0.25) is 17.7 Å². The smallest absolute Gasteiger partial charge is 0.308 e. The van der Waals surface area contributed by atoms with Gasteiger partial charge in [0.1, 0.15) is 17.5 Å². The van der Waals surface area contributed by atoms with Crippen LogP contribution in [-0.4, -0.2) is 34.6 Å². The minimum Gasteiger partial charge on any atom is -0.497 e. The van der Waals surface area contributed by atoms with Gasteiger partial charge in [-0.3, -0.25) is 23.7 Å². The van der Waals surface area contributed by atoms with E-state index >= 15 is 0 Å². The minimum atomic E-state index is -0.778. The van der Waals surface area contributed by atoms with Gasteiger partial charge in [0.15, 0.2) is 0 Å². The van der Waals surface area contributed by atoms with Crippen LogP contribution >= 0.6 is 34.7 Å².